The predicted octanol–water partition coefficient (Wildman–Crippen LogP) is 7.06. The summed E-state index contributed by atoms with van der Waals surface area (Å²) in [5, 5.41) is 17.4. The number of amides is 1. The molecule has 1 unspecified atom stereocenters. The summed E-state index contributed by atoms with van der Waals surface area (Å²) in [7, 11) is -3.50. The molecule has 0 aliphatic carbocycles. The zero-order valence-corrected chi connectivity index (χ0v) is 24.3. The zero-order valence-electron chi connectivity index (χ0n) is 21.1. The molecule has 3 N–H and O–H groups in total. The van der Waals surface area contributed by atoms with Gasteiger partial charge < -0.3 is 5.11 Å². The van der Waals surface area contributed by atoms with Crippen LogP contribution in [0, 0.1) is 0 Å². The fourth-order valence-corrected chi connectivity index (χ4v) is 6.29. The lowest BCUT2D eigenvalue weighted by Crippen LogP contribution is -2.16. The molecule has 0 aliphatic heterocycles. The van der Waals surface area contributed by atoms with Crippen LogP contribution in [0.3, 0.4) is 0 Å². The SMILES string of the molecule is CC(C)c1cc(-c2ccc(Cl)c(Cl)c2)cc(C(C)C)c1CC(=O)N=S(N)(=O)c1cnc(C(C)(C)O)s1. The standard InChI is InChI=1S/C26H31Cl2N3O3S2/c1-14(2)18-9-17(16-7-8-21(27)22(28)11-16)10-19(15(3)4)20(18)12-23(32)31-36(29,34)24-13-30-25(35-24)26(5,6)33/h7-11,13-15,33H,12H2,1-6H3,(H2,29,31,32,34). The molecule has 0 fully saturated rings. The van der Waals surface area contributed by atoms with Gasteiger partial charge in [0.15, 0.2) is 9.92 Å². The highest BCUT2D eigenvalue weighted by Crippen LogP contribution is 2.36. The van der Waals surface area contributed by atoms with Crippen molar-refractivity contribution in [1.82, 2.24) is 4.98 Å². The van der Waals surface area contributed by atoms with Crippen molar-refractivity contribution < 1.29 is 14.1 Å². The molecule has 1 aromatic heterocycles. The van der Waals surface area contributed by atoms with E-state index >= 15 is 0 Å². The van der Waals surface area contributed by atoms with Crippen molar-refractivity contribution in [3.05, 3.63) is 68.3 Å². The van der Waals surface area contributed by atoms with Crippen LogP contribution in [0.25, 0.3) is 11.1 Å². The number of benzene rings is 2. The van der Waals surface area contributed by atoms with Crippen LogP contribution in [-0.2, 0) is 26.7 Å². The van der Waals surface area contributed by atoms with E-state index in [1.807, 2.05) is 12.1 Å². The van der Waals surface area contributed by atoms with Crippen LogP contribution >= 0.6 is 34.5 Å². The van der Waals surface area contributed by atoms with E-state index in [0.717, 1.165) is 39.2 Å². The molecule has 0 spiro atoms. The molecule has 0 radical (unpaired) electrons. The molecule has 0 aliphatic rings. The number of nitrogens with zero attached hydrogens (tertiary/aromatic N) is 2. The fourth-order valence-electron chi connectivity index (χ4n) is 3.85. The summed E-state index contributed by atoms with van der Waals surface area (Å²) in [6.45, 7) is 11.4. The Bertz CT molecular complexity index is 1390. The van der Waals surface area contributed by atoms with Crippen LogP contribution in [0.1, 0.15) is 75.1 Å². The monoisotopic (exact) mass is 567 g/mol. The summed E-state index contributed by atoms with van der Waals surface area (Å²) in [4.78, 5) is 17.2. The molecular weight excluding hydrogens is 537 g/mol. The molecule has 3 aromatic rings. The first-order valence-corrected chi connectivity index (χ1v) is 14.6. The van der Waals surface area contributed by atoms with Gasteiger partial charge in [-0.25, -0.2) is 14.3 Å². The summed E-state index contributed by atoms with van der Waals surface area (Å²) in [6, 6.07) is 9.61. The molecule has 2 aromatic carbocycles. The number of carbonyl (C=O) groups excluding carboxylic acids is 1. The maximum atomic E-state index is 13.1. The van der Waals surface area contributed by atoms with E-state index in [1.54, 1.807) is 19.9 Å². The van der Waals surface area contributed by atoms with Crippen LogP contribution < -0.4 is 5.14 Å². The first-order chi connectivity index (χ1) is 16.6. The lowest BCUT2D eigenvalue weighted by atomic mass is 9.84. The third-order valence-electron chi connectivity index (χ3n) is 5.68. The van der Waals surface area contributed by atoms with E-state index in [4.69, 9.17) is 28.3 Å². The number of carbonyl (C=O) groups is 1. The van der Waals surface area contributed by atoms with Gasteiger partial charge in [0.25, 0.3) is 5.91 Å². The molecule has 0 saturated heterocycles. The van der Waals surface area contributed by atoms with Gasteiger partial charge >= 0.3 is 0 Å². The molecule has 1 amide bonds. The van der Waals surface area contributed by atoms with E-state index in [-0.39, 0.29) is 22.5 Å². The molecule has 1 atom stereocenters. The van der Waals surface area contributed by atoms with Gasteiger partial charge in [0.05, 0.1) is 22.7 Å². The van der Waals surface area contributed by atoms with Crippen LogP contribution in [0.15, 0.2) is 45.1 Å². The van der Waals surface area contributed by atoms with Crippen molar-refractivity contribution in [3.8, 4) is 11.1 Å². The molecule has 6 nitrogen and oxygen atoms in total. The first-order valence-electron chi connectivity index (χ1n) is 11.5. The Morgan fingerprint density at radius 1 is 1.08 bits per heavy atom. The highest BCUT2D eigenvalue weighted by Gasteiger charge is 2.24. The summed E-state index contributed by atoms with van der Waals surface area (Å²) >= 11 is 13.4. The molecule has 36 heavy (non-hydrogen) atoms. The van der Waals surface area contributed by atoms with Crippen LogP contribution in [-0.4, -0.2) is 20.2 Å². The second-order valence-electron chi connectivity index (χ2n) is 9.85. The highest BCUT2D eigenvalue weighted by atomic mass is 35.5. The molecule has 0 saturated carbocycles. The lowest BCUT2D eigenvalue weighted by molar-refractivity contribution is -0.117. The van der Waals surface area contributed by atoms with Crippen LogP contribution in [0.5, 0.6) is 0 Å². The van der Waals surface area contributed by atoms with Crippen LogP contribution in [0.2, 0.25) is 10.0 Å². The summed E-state index contributed by atoms with van der Waals surface area (Å²) in [5.74, 6) is -0.344. The second kappa shape index (κ2) is 10.9. The molecule has 0 bridgehead atoms. The Morgan fingerprint density at radius 2 is 1.67 bits per heavy atom. The minimum atomic E-state index is -3.50. The van der Waals surface area contributed by atoms with Gasteiger partial charge in [-0.1, -0.05) is 69.1 Å². The lowest BCUT2D eigenvalue weighted by Gasteiger charge is -2.21. The predicted molar refractivity (Wildman–Crippen MR) is 149 cm³/mol. The molecule has 3 rings (SSSR count). The maximum absolute atomic E-state index is 13.1. The largest absolute Gasteiger partial charge is 0.383 e. The third kappa shape index (κ3) is 6.54. The van der Waals surface area contributed by atoms with Gasteiger partial charge in [0.1, 0.15) is 14.8 Å². The van der Waals surface area contributed by atoms with Crippen molar-refractivity contribution in [2.24, 2.45) is 9.50 Å². The average molecular weight is 569 g/mol. The maximum Gasteiger partial charge on any atom is 0.259 e. The number of nitrogens with two attached hydrogens (primary N) is 1. The third-order valence-corrected chi connectivity index (χ3v) is 9.64. The number of rotatable bonds is 7. The van der Waals surface area contributed by atoms with Crippen molar-refractivity contribution in [2.45, 2.75) is 69.6 Å². The first kappa shape index (κ1) is 28.8. The summed E-state index contributed by atoms with van der Waals surface area (Å²) < 4.78 is 17.2. The zero-order chi connectivity index (χ0) is 27.0. The van der Waals surface area contributed by atoms with Gasteiger partial charge in [-0.15, -0.1) is 15.7 Å². The van der Waals surface area contributed by atoms with Gasteiger partial charge in [-0.2, -0.15) is 0 Å². The van der Waals surface area contributed by atoms with E-state index in [9.17, 15) is 14.1 Å². The molecule has 10 heteroatoms. The van der Waals surface area contributed by atoms with Crippen molar-refractivity contribution >= 4 is 50.4 Å². The minimum Gasteiger partial charge on any atom is -0.383 e. The highest BCUT2D eigenvalue weighted by molar-refractivity contribution is 7.93. The van der Waals surface area contributed by atoms with Gasteiger partial charge in [-0.05, 0) is 65.6 Å². The van der Waals surface area contributed by atoms with Gasteiger partial charge in [0, 0.05) is 0 Å². The Morgan fingerprint density at radius 3 is 2.14 bits per heavy atom. The second-order valence-corrected chi connectivity index (χ2v) is 13.7. The van der Waals surface area contributed by atoms with E-state index in [1.165, 1.54) is 6.20 Å². The minimum absolute atomic E-state index is 0.0337. The van der Waals surface area contributed by atoms with E-state index in [2.05, 4.69) is 49.2 Å². The quantitative estimate of drug-likeness (QED) is 0.318. The number of aliphatic hydroxyl groups is 1. The van der Waals surface area contributed by atoms with Crippen molar-refractivity contribution in [2.75, 3.05) is 0 Å². The normalized spacial score (nSPS) is 13.8. The number of hydrogen-bond donors (Lipinski definition) is 2. The number of aromatic nitrogens is 1. The van der Waals surface area contributed by atoms with Crippen molar-refractivity contribution in [3.63, 3.8) is 0 Å². The number of halogens is 2. The van der Waals surface area contributed by atoms with E-state index in [0.29, 0.717) is 15.1 Å². The summed E-state index contributed by atoms with van der Waals surface area (Å²) in [6.07, 6.45) is 1.27. The Labute approximate surface area is 227 Å². The Balaban J connectivity index is 2.05. The summed E-state index contributed by atoms with van der Waals surface area (Å²) in [5.41, 5.74) is 3.54. The topological polar surface area (TPSA) is 106 Å². The Kier molecular flexibility index (Phi) is 8.70. The van der Waals surface area contributed by atoms with Crippen LogP contribution in [0.4, 0.5) is 0 Å². The molecule has 1 heterocycles. The Hall–Kier alpha value is -1.81. The smallest absolute Gasteiger partial charge is 0.259 e. The molecule has 194 valence electrons. The average Bonchev–Trinajstić information content (AvgIpc) is 3.27. The fraction of sp³-hybridized carbons (Fsp3) is 0.385. The molecular formula is C26H31Cl2N3O3S2. The van der Waals surface area contributed by atoms with Crippen molar-refractivity contribution in [1.29, 1.82) is 0 Å². The number of hydrogen-bond acceptors (Lipinski definition) is 5. The van der Waals surface area contributed by atoms with E-state index < -0.39 is 21.4 Å². The van der Waals surface area contributed by atoms with Gasteiger partial charge in [0.2, 0.25) is 0 Å². The van der Waals surface area contributed by atoms with Gasteiger partial charge in [-0.3, -0.25) is 4.79 Å². The number of thiazole rings is 1.